The van der Waals surface area contributed by atoms with Gasteiger partial charge in [0.25, 0.3) is 0 Å². The fourth-order valence-electron chi connectivity index (χ4n) is 3.83. The molecule has 0 spiro atoms. The average Bonchev–Trinajstić information content (AvgIpc) is 2.76. The van der Waals surface area contributed by atoms with E-state index < -0.39 is 47.8 Å². The largest absolute Gasteiger partial charge is 0.463 e. The highest BCUT2D eigenvalue weighted by molar-refractivity contribution is 7.99. The van der Waals surface area contributed by atoms with Crippen LogP contribution >= 0.6 is 11.8 Å². The first-order valence-electron chi connectivity index (χ1n) is 12.4. The summed E-state index contributed by atoms with van der Waals surface area (Å²) in [5.41, 5.74) is 1.44. The number of aryl methyl sites for hydroxylation is 1. The van der Waals surface area contributed by atoms with E-state index >= 15 is 0 Å². The van der Waals surface area contributed by atoms with Gasteiger partial charge < -0.3 is 23.7 Å². The van der Waals surface area contributed by atoms with Gasteiger partial charge in [0.05, 0.1) is 0 Å². The monoisotopic (exact) mass is 524 g/mol. The maximum Gasteiger partial charge on any atom is 0.303 e. The van der Waals surface area contributed by atoms with E-state index in [-0.39, 0.29) is 12.0 Å². The number of unbranched alkanes of at least 4 members (excludes halogenated alkanes) is 1. The first-order valence-corrected chi connectivity index (χ1v) is 13.2. The van der Waals surface area contributed by atoms with E-state index in [2.05, 4.69) is 39.0 Å². The van der Waals surface area contributed by atoms with Crippen molar-refractivity contribution in [3.8, 4) is 0 Å². The zero-order chi connectivity index (χ0) is 27.0. The molecule has 1 aromatic rings. The second-order valence-electron chi connectivity index (χ2n) is 10.0. The molecule has 0 bridgehead atoms. The topological polar surface area (TPSA) is 97.4 Å². The Hall–Kier alpha value is -2.10. The van der Waals surface area contributed by atoms with Crippen LogP contribution in [0, 0.1) is 6.92 Å². The molecule has 1 aliphatic heterocycles. The molecule has 1 fully saturated rings. The molecule has 0 N–H and O–H groups in total. The molecule has 36 heavy (non-hydrogen) atoms. The lowest BCUT2D eigenvalue weighted by Gasteiger charge is -2.44. The summed E-state index contributed by atoms with van der Waals surface area (Å²) in [6.45, 7) is 14.6. The standard InChI is InChI=1S/C27H40O8S/c1-9-10-13-31-24-23(33-18(4)29)21(15-32-17(3)28)35-26(25(24)34-19(5)30)36-22-14-20(27(6,7)8)12-11-16(22)2/h11-12,14,21,23-26H,9-10,13,15H2,1-8H3/t21?,23-,24?,25+,26+/m1/s1. The minimum atomic E-state index is -0.929. The maximum atomic E-state index is 12.1. The van der Waals surface area contributed by atoms with Crippen LogP contribution in [0.2, 0.25) is 0 Å². The van der Waals surface area contributed by atoms with Gasteiger partial charge in [0.15, 0.2) is 12.2 Å². The summed E-state index contributed by atoms with van der Waals surface area (Å²) in [5, 5.41) is 0. The van der Waals surface area contributed by atoms with Crippen molar-refractivity contribution < 1.29 is 38.1 Å². The maximum absolute atomic E-state index is 12.1. The molecule has 1 saturated heterocycles. The number of hydrogen-bond donors (Lipinski definition) is 0. The number of thioether (sulfide) groups is 1. The van der Waals surface area contributed by atoms with Crippen LogP contribution in [-0.4, -0.2) is 61.0 Å². The van der Waals surface area contributed by atoms with Crippen LogP contribution in [0.1, 0.15) is 72.4 Å². The number of rotatable bonds is 10. The van der Waals surface area contributed by atoms with Crippen molar-refractivity contribution in [1.82, 2.24) is 0 Å². The summed E-state index contributed by atoms with van der Waals surface area (Å²) >= 11 is 1.41. The molecule has 5 atom stereocenters. The van der Waals surface area contributed by atoms with Gasteiger partial charge in [-0.05, 0) is 36.0 Å². The van der Waals surface area contributed by atoms with Crippen LogP contribution in [0.5, 0.6) is 0 Å². The molecule has 0 saturated carbocycles. The summed E-state index contributed by atoms with van der Waals surface area (Å²) in [4.78, 5) is 36.7. The Bertz CT molecular complexity index is 910. The zero-order valence-corrected chi connectivity index (χ0v) is 23.4. The van der Waals surface area contributed by atoms with Crippen molar-refractivity contribution in [2.75, 3.05) is 13.2 Å². The third kappa shape index (κ3) is 8.78. The predicted molar refractivity (Wildman–Crippen MR) is 137 cm³/mol. The molecule has 2 rings (SSSR count). The molecule has 0 aromatic heterocycles. The third-order valence-corrected chi connectivity index (χ3v) is 7.06. The molecular weight excluding hydrogens is 484 g/mol. The Labute approximate surface area is 218 Å². The molecule has 1 aromatic carbocycles. The van der Waals surface area contributed by atoms with Crippen molar-refractivity contribution in [1.29, 1.82) is 0 Å². The van der Waals surface area contributed by atoms with Gasteiger partial charge in [0, 0.05) is 32.3 Å². The lowest BCUT2D eigenvalue weighted by Crippen LogP contribution is -2.61. The van der Waals surface area contributed by atoms with Crippen LogP contribution in [0.3, 0.4) is 0 Å². The van der Waals surface area contributed by atoms with E-state index in [1.807, 2.05) is 13.8 Å². The molecule has 1 aliphatic rings. The first kappa shape index (κ1) is 30.1. The van der Waals surface area contributed by atoms with Gasteiger partial charge >= 0.3 is 17.9 Å². The lowest BCUT2D eigenvalue weighted by atomic mass is 9.87. The molecule has 2 unspecified atom stereocenters. The molecule has 202 valence electrons. The number of hydrogen-bond acceptors (Lipinski definition) is 9. The first-order chi connectivity index (χ1) is 16.8. The zero-order valence-electron chi connectivity index (χ0n) is 22.6. The smallest absolute Gasteiger partial charge is 0.303 e. The van der Waals surface area contributed by atoms with E-state index in [1.54, 1.807) is 0 Å². The molecule has 8 nitrogen and oxygen atoms in total. The van der Waals surface area contributed by atoms with Gasteiger partial charge in [-0.3, -0.25) is 14.4 Å². The van der Waals surface area contributed by atoms with Crippen molar-refractivity contribution in [3.63, 3.8) is 0 Å². The minimum absolute atomic E-state index is 0.0597. The minimum Gasteiger partial charge on any atom is -0.463 e. The Morgan fingerprint density at radius 3 is 2.17 bits per heavy atom. The van der Waals surface area contributed by atoms with Crippen molar-refractivity contribution >= 4 is 29.7 Å². The van der Waals surface area contributed by atoms with Crippen LogP contribution in [0.15, 0.2) is 23.1 Å². The molecule has 0 amide bonds. The summed E-state index contributed by atoms with van der Waals surface area (Å²) in [5.74, 6) is -1.52. The van der Waals surface area contributed by atoms with Gasteiger partial charge in [-0.15, -0.1) is 0 Å². The van der Waals surface area contributed by atoms with Gasteiger partial charge in [-0.1, -0.05) is 58.0 Å². The van der Waals surface area contributed by atoms with Crippen LogP contribution in [0.25, 0.3) is 0 Å². The fraction of sp³-hybridized carbons (Fsp3) is 0.667. The van der Waals surface area contributed by atoms with Gasteiger partial charge in [0.2, 0.25) is 0 Å². The second-order valence-corrected chi connectivity index (χ2v) is 11.2. The Morgan fingerprint density at radius 1 is 0.972 bits per heavy atom. The molecule has 0 radical (unpaired) electrons. The number of carbonyl (C=O) groups is 3. The highest BCUT2D eigenvalue weighted by atomic mass is 32.2. The summed E-state index contributed by atoms with van der Waals surface area (Å²) < 4.78 is 29.1. The number of benzene rings is 1. The Morgan fingerprint density at radius 2 is 1.61 bits per heavy atom. The van der Waals surface area contributed by atoms with Crippen molar-refractivity contribution in [2.24, 2.45) is 0 Å². The predicted octanol–water partition coefficient (Wildman–Crippen LogP) is 4.72. The van der Waals surface area contributed by atoms with E-state index in [4.69, 9.17) is 23.7 Å². The number of ether oxygens (including phenoxy) is 5. The molecular formula is C27H40O8S. The fourth-order valence-corrected chi connectivity index (χ4v) is 5.07. The van der Waals surface area contributed by atoms with Crippen LogP contribution in [-0.2, 0) is 43.5 Å². The molecule has 0 aliphatic carbocycles. The second kappa shape index (κ2) is 13.4. The van der Waals surface area contributed by atoms with Gasteiger partial charge in [0.1, 0.15) is 24.3 Å². The van der Waals surface area contributed by atoms with Crippen molar-refractivity contribution in [2.45, 2.75) is 108 Å². The van der Waals surface area contributed by atoms with Crippen LogP contribution < -0.4 is 0 Å². The average molecular weight is 525 g/mol. The summed E-state index contributed by atoms with van der Waals surface area (Å²) in [7, 11) is 0. The number of esters is 3. The Kier molecular flexibility index (Phi) is 11.3. The van der Waals surface area contributed by atoms with E-state index in [1.165, 1.54) is 32.5 Å². The highest BCUT2D eigenvalue weighted by Gasteiger charge is 2.51. The van der Waals surface area contributed by atoms with E-state index in [9.17, 15) is 14.4 Å². The Balaban J connectivity index is 2.50. The highest BCUT2D eigenvalue weighted by Crippen LogP contribution is 2.40. The summed E-state index contributed by atoms with van der Waals surface area (Å²) in [6.07, 6.45) is -1.73. The van der Waals surface area contributed by atoms with Crippen LogP contribution in [0.4, 0.5) is 0 Å². The normalized spacial score (nSPS) is 24.2. The van der Waals surface area contributed by atoms with E-state index in [0.717, 1.165) is 28.9 Å². The lowest BCUT2D eigenvalue weighted by molar-refractivity contribution is -0.239. The third-order valence-electron chi connectivity index (χ3n) is 5.75. The summed E-state index contributed by atoms with van der Waals surface area (Å²) in [6, 6.07) is 6.27. The van der Waals surface area contributed by atoms with Gasteiger partial charge in [-0.25, -0.2) is 0 Å². The molecule has 9 heteroatoms. The molecule has 1 heterocycles. The van der Waals surface area contributed by atoms with E-state index in [0.29, 0.717) is 6.61 Å². The number of carbonyl (C=O) groups excluding carboxylic acids is 3. The van der Waals surface area contributed by atoms with Gasteiger partial charge in [-0.2, -0.15) is 0 Å². The quantitative estimate of drug-likeness (QED) is 0.245. The van der Waals surface area contributed by atoms with Crippen molar-refractivity contribution in [3.05, 3.63) is 29.3 Å². The SMILES string of the molecule is CCCCOC1[C@H](OC(C)=O)C(COC(C)=O)O[C@@H](Sc2cc(C(C)(C)C)ccc2C)[C@H]1OC(C)=O.